The first-order chi connectivity index (χ1) is 12.1. The third-order valence-electron chi connectivity index (χ3n) is 3.22. The van der Waals surface area contributed by atoms with E-state index in [4.69, 9.17) is 10.3 Å². The average Bonchev–Trinajstić information content (AvgIpc) is 3.26. The molecule has 0 radical (unpaired) electrons. The quantitative estimate of drug-likeness (QED) is 0.276. The molecule has 2 aromatic heterocycles. The molecule has 0 amide bonds. The van der Waals surface area contributed by atoms with Crippen molar-refractivity contribution < 1.29 is 8.81 Å². The van der Waals surface area contributed by atoms with Gasteiger partial charge in [-0.25, -0.2) is 10.2 Å². The Morgan fingerprint density at radius 1 is 1.40 bits per heavy atom. The maximum Gasteiger partial charge on any atom is 0.184 e. The number of aromatic amines is 1. The molecule has 0 aliphatic carbocycles. The first-order valence-corrected chi connectivity index (χ1v) is 8.35. The van der Waals surface area contributed by atoms with Gasteiger partial charge in [0.05, 0.1) is 12.3 Å². The molecule has 10 heteroatoms. The molecule has 130 valence electrons. The van der Waals surface area contributed by atoms with Crippen LogP contribution in [0.5, 0.6) is 0 Å². The highest BCUT2D eigenvalue weighted by atomic mass is 32.2. The van der Waals surface area contributed by atoms with Crippen LogP contribution in [0.1, 0.15) is 17.1 Å². The van der Waals surface area contributed by atoms with Gasteiger partial charge in [-0.3, -0.25) is 4.99 Å². The number of rotatable bonds is 5. The molecule has 0 aliphatic rings. The van der Waals surface area contributed by atoms with Crippen LogP contribution in [0.25, 0.3) is 11.3 Å². The lowest BCUT2D eigenvalue weighted by Gasteiger charge is -2.03. The van der Waals surface area contributed by atoms with Crippen LogP contribution in [0.2, 0.25) is 0 Å². The number of thioether (sulfide) groups is 1. The fourth-order valence-corrected chi connectivity index (χ4v) is 2.78. The number of aromatic nitrogens is 4. The van der Waals surface area contributed by atoms with E-state index in [1.165, 1.54) is 23.9 Å². The van der Waals surface area contributed by atoms with Crippen LogP contribution in [-0.2, 0) is 12.3 Å². The topological polar surface area (TPSA) is 118 Å². The Bertz CT molecular complexity index is 842. The van der Waals surface area contributed by atoms with Crippen molar-refractivity contribution in [3.05, 3.63) is 53.3 Å². The predicted octanol–water partition coefficient (Wildman–Crippen LogP) is 2.16. The fraction of sp³-hybridized carbons (Fsp3) is 0.200. The highest BCUT2D eigenvalue weighted by Gasteiger charge is 2.08. The maximum atomic E-state index is 13.5. The average molecular weight is 361 g/mol. The van der Waals surface area contributed by atoms with E-state index in [0.717, 1.165) is 5.56 Å². The molecule has 0 spiro atoms. The number of hydrogen-bond acceptors (Lipinski definition) is 7. The second kappa shape index (κ2) is 7.90. The third-order valence-corrected chi connectivity index (χ3v) is 4.14. The highest BCUT2D eigenvalue weighted by Crippen LogP contribution is 2.24. The Balaban J connectivity index is 1.65. The second-order valence-electron chi connectivity index (χ2n) is 5.17. The molecular formula is C15H16FN7OS. The van der Waals surface area contributed by atoms with Gasteiger partial charge in [-0.2, -0.15) is 5.21 Å². The third kappa shape index (κ3) is 4.64. The van der Waals surface area contributed by atoms with E-state index in [2.05, 4.69) is 31.0 Å². The molecule has 0 bridgehead atoms. The maximum absolute atomic E-state index is 13.5. The van der Waals surface area contributed by atoms with Crippen molar-refractivity contribution >= 4 is 16.9 Å². The van der Waals surface area contributed by atoms with Crippen LogP contribution >= 0.6 is 11.8 Å². The summed E-state index contributed by atoms with van der Waals surface area (Å²) < 4.78 is 19.2. The number of tetrazole rings is 1. The summed E-state index contributed by atoms with van der Waals surface area (Å²) in [6, 6.07) is 8.37. The number of H-pyrrole nitrogens is 1. The molecule has 3 aromatic rings. The Kier molecular flexibility index (Phi) is 5.41. The zero-order valence-electron chi connectivity index (χ0n) is 13.4. The van der Waals surface area contributed by atoms with Gasteiger partial charge in [0.2, 0.25) is 0 Å². The SMILES string of the molecule is Cc1cc(F)cc(-c2ccc(CN=C(NN)SCc3nn[nH]n3)o2)c1. The van der Waals surface area contributed by atoms with E-state index in [1.807, 2.05) is 13.0 Å². The molecule has 0 saturated carbocycles. The first-order valence-electron chi connectivity index (χ1n) is 7.36. The van der Waals surface area contributed by atoms with Crippen molar-refractivity contribution in [2.45, 2.75) is 19.2 Å². The molecule has 0 saturated heterocycles. The molecule has 0 fully saturated rings. The largest absolute Gasteiger partial charge is 0.459 e. The van der Waals surface area contributed by atoms with Crippen molar-refractivity contribution in [2.24, 2.45) is 10.8 Å². The van der Waals surface area contributed by atoms with E-state index in [1.54, 1.807) is 12.1 Å². The number of nitrogens with two attached hydrogens (primary N) is 1. The van der Waals surface area contributed by atoms with Gasteiger partial charge in [-0.05, 0) is 42.8 Å². The van der Waals surface area contributed by atoms with E-state index in [9.17, 15) is 4.39 Å². The number of nitrogens with one attached hydrogen (secondary N) is 2. The standard InChI is InChI=1S/C15H16FN7OS/c1-9-4-10(6-11(16)5-9)13-3-2-12(24-13)7-18-15(19-17)25-8-14-20-22-23-21-14/h2-6H,7-8,17H2,1H3,(H,18,19)(H,20,21,22,23). The molecule has 4 N–H and O–H groups in total. The van der Waals surface area contributed by atoms with Gasteiger partial charge in [-0.15, -0.1) is 10.2 Å². The first kappa shape index (κ1) is 17.1. The van der Waals surface area contributed by atoms with Gasteiger partial charge in [-0.1, -0.05) is 17.0 Å². The van der Waals surface area contributed by atoms with Crippen molar-refractivity contribution in [1.29, 1.82) is 0 Å². The summed E-state index contributed by atoms with van der Waals surface area (Å²) in [5, 5.41) is 14.1. The molecule has 25 heavy (non-hydrogen) atoms. The Hall–Kier alpha value is -2.72. The summed E-state index contributed by atoms with van der Waals surface area (Å²) in [6.45, 7) is 2.13. The lowest BCUT2D eigenvalue weighted by molar-refractivity contribution is 0.525. The summed E-state index contributed by atoms with van der Waals surface area (Å²) >= 11 is 1.34. The number of benzene rings is 1. The van der Waals surface area contributed by atoms with Gasteiger partial charge in [0, 0.05) is 5.56 Å². The van der Waals surface area contributed by atoms with Crippen LogP contribution in [0.15, 0.2) is 39.7 Å². The molecule has 1 aromatic carbocycles. The van der Waals surface area contributed by atoms with E-state index < -0.39 is 0 Å². The lowest BCUT2D eigenvalue weighted by atomic mass is 10.1. The molecule has 0 aliphatic heterocycles. The summed E-state index contributed by atoms with van der Waals surface area (Å²) in [6.07, 6.45) is 0. The highest BCUT2D eigenvalue weighted by molar-refractivity contribution is 8.13. The normalized spacial score (nSPS) is 11.7. The summed E-state index contributed by atoms with van der Waals surface area (Å²) in [7, 11) is 0. The van der Waals surface area contributed by atoms with Gasteiger partial charge >= 0.3 is 0 Å². The van der Waals surface area contributed by atoms with Crippen LogP contribution in [-0.4, -0.2) is 25.8 Å². The number of amidine groups is 1. The number of halogens is 1. The number of hydrazine groups is 1. The predicted molar refractivity (Wildman–Crippen MR) is 92.8 cm³/mol. The molecule has 3 rings (SSSR count). The monoisotopic (exact) mass is 361 g/mol. The Morgan fingerprint density at radius 2 is 2.28 bits per heavy atom. The Morgan fingerprint density at radius 3 is 3.00 bits per heavy atom. The van der Waals surface area contributed by atoms with Gasteiger partial charge < -0.3 is 9.84 Å². The van der Waals surface area contributed by atoms with E-state index >= 15 is 0 Å². The molecule has 0 unspecified atom stereocenters. The number of nitrogens with zero attached hydrogens (tertiary/aromatic N) is 4. The van der Waals surface area contributed by atoms with Crippen molar-refractivity contribution in [3.63, 3.8) is 0 Å². The number of hydrogen-bond donors (Lipinski definition) is 3. The summed E-state index contributed by atoms with van der Waals surface area (Å²) in [5.74, 6) is 7.44. The smallest absolute Gasteiger partial charge is 0.184 e. The lowest BCUT2D eigenvalue weighted by Crippen LogP contribution is -2.28. The summed E-state index contributed by atoms with van der Waals surface area (Å²) in [4.78, 5) is 4.34. The van der Waals surface area contributed by atoms with Crippen LogP contribution in [0.4, 0.5) is 4.39 Å². The van der Waals surface area contributed by atoms with E-state index in [0.29, 0.717) is 40.4 Å². The minimum Gasteiger partial charge on any atom is -0.459 e. The molecule has 2 heterocycles. The van der Waals surface area contributed by atoms with Gasteiger partial charge in [0.25, 0.3) is 0 Å². The summed E-state index contributed by atoms with van der Waals surface area (Å²) in [5.41, 5.74) is 4.05. The van der Waals surface area contributed by atoms with Gasteiger partial charge in [0.15, 0.2) is 11.0 Å². The number of furan rings is 1. The number of aliphatic imine (C=N–C) groups is 1. The zero-order chi connectivity index (χ0) is 17.6. The number of aryl methyl sites for hydroxylation is 1. The Labute approximate surface area is 147 Å². The van der Waals surface area contributed by atoms with Crippen molar-refractivity contribution in [3.8, 4) is 11.3 Å². The zero-order valence-corrected chi connectivity index (χ0v) is 14.2. The van der Waals surface area contributed by atoms with Crippen molar-refractivity contribution in [2.75, 3.05) is 0 Å². The fourth-order valence-electron chi connectivity index (χ4n) is 2.16. The molecule has 8 nitrogen and oxygen atoms in total. The minimum absolute atomic E-state index is 0.293. The van der Waals surface area contributed by atoms with Crippen LogP contribution in [0, 0.1) is 12.7 Å². The van der Waals surface area contributed by atoms with E-state index in [-0.39, 0.29) is 5.82 Å². The van der Waals surface area contributed by atoms with Crippen LogP contribution < -0.4 is 11.3 Å². The van der Waals surface area contributed by atoms with Crippen molar-refractivity contribution in [1.82, 2.24) is 26.0 Å². The molecular weight excluding hydrogens is 345 g/mol. The van der Waals surface area contributed by atoms with Gasteiger partial charge in [0.1, 0.15) is 17.3 Å². The second-order valence-corrected chi connectivity index (χ2v) is 6.13. The van der Waals surface area contributed by atoms with Crippen LogP contribution in [0.3, 0.4) is 0 Å². The molecule has 0 atom stereocenters. The minimum atomic E-state index is -0.293.